The second kappa shape index (κ2) is 9.17. The van der Waals surface area contributed by atoms with Gasteiger partial charge in [-0.05, 0) is 30.5 Å². The zero-order valence-corrected chi connectivity index (χ0v) is 15.2. The van der Waals surface area contributed by atoms with Gasteiger partial charge in [-0.3, -0.25) is 9.74 Å². The van der Waals surface area contributed by atoms with E-state index in [4.69, 9.17) is 4.84 Å². The van der Waals surface area contributed by atoms with E-state index in [1.54, 1.807) is 0 Å². The number of benzene rings is 1. The number of nitrogens with zero attached hydrogens (tertiary/aromatic N) is 3. The highest BCUT2D eigenvalue weighted by atomic mass is 16.7. The standard InChI is InChI=1S/C19H30N4O2/c1-2-21-10-12-22(13-11-21)16-18-8-4-3-7-17(18)15-20-19(24)23-9-5-6-14-25-23/h3-4,7-8H,2,5-6,9-16H2,1H3,(H,20,24). The first-order valence-corrected chi connectivity index (χ1v) is 9.46. The summed E-state index contributed by atoms with van der Waals surface area (Å²) in [5, 5.41) is 4.45. The van der Waals surface area contributed by atoms with Gasteiger partial charge in [0.15, 0.2) is 0 Å². The number of carbonyl (C=O) groups excluding carboxylic acids is 1. The second-order valence-corrected chi connectivity index (χ2v) is 6.78. The number of amides is 2. The highest BCUT2D eigenvalue weighted by Crippen LogP contribution is 2.14. The summed E-state index contributed by atoms with van der Waals surface area (Å²) in [4.78, 5) is 22.6. The summed E-state index contributed by atoms with van der Waals surface area (Å²) in [5.41, 5.74) is 2.48. The molecule has 0 unspecified atom stereocenters. The van der Waals surface area contributed by atoms with Crippen LogP contribution in [0.5, 0.6) is 0 Å². The van der Waals surface area contributed by atoms with E-state index < -0.39 is 0 Å². The smallest absolute Gasteiger partial charge is 0.332 e. The van der Waals surface area contributed by atoms with Gasteiger partial charge in [-0.25, -0.2) is 9.86 Å². The lowest BCUT2D eigenvalue weighted by molar-refractivity contribution is -0.139. The van der Waals surface area contributed by atoms with E-state index in [1.807, 2.05) is 6.07 Å². The summed E-state index contributed by atoms with van der Waals surface area (Å²) < 4.78 is 0. The summed E-state index contributed by atoms with van der Waals surface area (Å²) >= 11 is 0. The fourth-order valence-corrected chi connectivity index (χ4v) is 3.40. The van der Waals surface area contributed by atoms with Gasteiger partial charge in [-0.15, -0.1) is 0 Å². The molecule has 6 heteroatoms. The molecule has 1 N–H and O–H groups in total. The number of hydrogen-bond donors (Lipinski definition) is 1. The topological polar surface area (TPSA) is 48.0 Å². The Morgan fingerprint density at radius 1 is 1.04 bits per heavy atom. The van der Waals surface area contributed by atoms with E-state index in [1.165, 1.54) is 16.2 Å². The molecule has 2 fully saturated rings. The van der Waals surface area contributed by atoms with Crippen LogP contribution in [0.4, 0.5) is 4.79 Å². The second-order valence-electron chi connectivity index (χ2n) is 6.78. The van der Waals surface area contributed by atoms with Crippen LogP contribution in [0, 0.1) is 0 Å². The number of piperazine rings is 1. The van der Waals surface area contributed by atoms with Crippen molar-refractivity contribution in [1.82, 2.24) is 20.2 Å². The fraction of sp³-hybridized carbons (Fsp3) is 0.632. The lowest BCUT2D eigenvalue weighted by Crippen LogP contribution is -2.45. The molecular weight excluding hydrogens is 316 g/mol. The summed E-state index contributed by atoms with van der Waals surface area (Å²) in [5.74, 6) is 0. The third kappa shape index (κ3) is 5.17. The molecule has 0 saturated carbocycles. The minimum atomic E-state index is -0.133. The Bertz CT molecular complexity index is 552. The molecule has 0 atom stereocenters. The molecule has 3 rings (SSSR count). The number of likely N-dealkylation sites (N-methyl/N-ethyl adjacent to an activating group) is 1. The Balaban J connectivity index is 1.53. The summed E-state index contributed by atoms with van der Waals surface area (Å²) in [6.45, 7) is 10.7. The van der Waals surface area contributed by atoms with E-state index in [2.05, 4.69) is 40.2 Å². The van der Waals surface area contributed by atoms with Gasteiger partial charge in [0.25, 0.3) is 0 Å². The van der Waals surface area contributed by atoms with Crippen molar-refractivity contribution in [1.29, 1.82) is 0 Å². The Labute approximate surface area is 150 Å². The van der Waals surface area contributed by atoms with Gasteiger partial charge in [0, 0.05) is 39.3 Å². The van der Waals surface area contributed by atoms with Crippen molar-refractivity contribution in [3.63, 3.8) is 0 Å². The highest BCUT2D eigenvalue weighted by Gasteiger charge is 2.19. The zero-order valence-electron chi connectivity index (χ0n) is 15.2. The number of hydroxylamine groups is 2. The van der Waals surface area contributed by atoms with Crippen LogP contribution in [-0.4, -0.2) is 66.8 Å². The minimum absolute atomic E-state index is 0.133. The molecular formula is C19H30N4O2. The molecule has 25 heavy (non-hydrogen) atoms. The average molecular weight is 346 g/mol. The molecule has 2 heterocycles. The molecule has 2 aliphatic rings. The Morgan fingerprint density at radius 3 is 2.44 bits per heavy atom. The SMILES string of the molecule is CCN1CCN(Cc2ccccc2CNC(=O)N2CCCCO2)CC1. The molecule has 2 aliphatic heterocycles. The van der Waals surface area contributed by atoms with E-state index in [9.17, 15) is 4.79 Å². The molecule has 2 saturated heterocycles. The quantitative estimate of drug-likeness (QED) is 0.887. The van der Waals surface area contributed by atoms with Gasteiger partial charge in [0.2, 0.25) is 0 Å². The first-order valence-electron chi connectivity index (χ1n) is 9.46. The number of hydrogen-bond acceptors (Lipinski definition) is 4. The predicted molar refractivity (Wildman–Crippen MR) is 98.0 cm³/mol. The maximum Gasteiger partial charge on any atom is 0.341 e. The van der Waals surface area contributed by atoms with Crippen molar-refractivity contribution >= 4 is 6.03 Å². The lowest BCUT2D eigenvalue weighted by Gasteiger charge is -2.34. The predicted octanol–water partition coefficient (Wildman–Crippen LogP) is 2.06. The van der Waals surface area contributed by atoms with Crippen LogP contribution in [0.15, 0.2) is 24.3 Å². The van der Waals surface area contributed by atoms with Gasteiger partial charge in [-0.2, -0.15) is 0 Å². The normalized spacial score (nSPS) is 19.8. The van der Waals surface area contributed by atoms with Gasteiger partial charge < -0.3 is 10.2 Å². The minimum Gasteiger partial charge on any atom is -0.332 e. The summed E-state index contributed by atoms with van der Waals surface area (Å²) in [7, 11) is 0. The first kappa shape index (κ1) is 18.2. The fourth-order valence-electron chi connectivity index (χ4n) is 3.40. The molecule has 0 aliphatic carbocycles. The summed E-state index contributed by atoms with van der Waals surface area (Å²) in [6, 6.07) is 8.26. The Hall–Kier alpha value is -1.63. The third-order valence-corrected chi connectivity index (χ3v) is 5.08. The van der Waals surface area contributed by atoms with E-state index in [0.29, 0.717) is 19.7 Å². The van der Waals surface area contributed by atoms with Crippen LogP contribution in [0.1, 0.15) is 30.9 Å². The summed E-state index contributed by atoms with van der Waals surface area (Å²) in [6.07, 6.45) is 2.03. The van der Waals surface area contributed by atoms with Crippen molar-refractivity contribution in [3.05, 3.63) is 35.4 Å². The molecule has 1 aromatic carbocycles. The molecule has 0 bridgehead atoms. The van der Waals surface area contributed by atoms with Crippen molar-refractivity contribution in [3.8, 4) is 0 Å². The van der Waals surface area contributed by atoms with Crippen LogP contribution in [0.3, 0.4) is 0 Å². The maximum atomic E-state index is 12.2. The Morgan fingerprint density at radius 2 is 1.76 bits per heavy atom. The molecule has 0 spiro atoms. The largest absolute Gasteiger partial charge is 0.341 e. The lowest BCUT2D eigenvalue weighted by atomic mass is 10.1. The molecule has 2 amide bonds. The third-order valence-electron chi connectivity index (χ3n) is 5.08. The van der Waals surface area contributed by atoms with Crippen molar-refractivity contribution in [2.24, 2.45) is 0 Å². The van der Waals surface area contributed by atoms with E-state index in [-0.39, 0.29) is 6.03 Å². The van der Waals surface area contributed by atoms with Crippen LogP contribution >= 0.6 is 0 Å². The molecule has 0 aromatic heterocycles. The molecule has 6 nitrogen and oxygen atoms in total. The van der Waals surface area contributed by atoms with Crippen LogP contribution < -0.4 is 5.32 Å². The van der Waals surface area contributed by atoms with Gasteiger partial charge in [0.1, 0.15) is 0 Å². The highest BCUT2D eigenvalue weighted by molar-refractivity contribution is 5.73. The molecule has 1 aromatic rings. The van der Waals surface area contributed by atoms with Gasteiger partial charge >= 0.3 is 6.03 Å². The van der Waals surface area contributed by atoms with Gasteiger partial charge in [0.05, 0.1) is 13.2 Å². The van der Waals surface area contributed by atoms with Crippen molar-refractivity contribution < 1.29 is 9.63 Å². The monoisotopic (exact) mass is 346 g/mol. The number of carbonyl (C=O) groups is 1. The average Bonchev–Trinajstić information content (AvgIpc) is 2.68. The van der Waals surface area contributed by atoms with Crippen molar-refractivity contribution in [2.45, 2.75) is 32.9 Å². The van der Waals surface area contributed by atoms with Crippen LogP contribution in [0.2, 0.25) is 0 Å². The number of urea groups is 1. The van der Waals surface area contributed by atoms with E-state index >= 15 is 0 Å². The van der Waals surface area contributed by atoms with Crippen LogP contribution in [0.25, 0.3) is 0 Å². The molecule has 0 radical (unpaired) electrons. The van der Waals surface area contributed by atoms with E-state index in [0.717, 1.165) is 52.1 Å². The van der Waals surface area contributed by atoms with Crippen LogP contribution in [-0.2, 0) is 17.9 Å². The molecule has 138 valence electrons. The van der Waals surface area contributed by atoms with Gasteiger partial charge in [-0.1, -0.05) is 31.2 Å². The van der Waals surface area contributed by atoms with Crippen molar-refractivity contribution in [2.75, 3.05) is 45.9 Å². The number of nitrogens with one attached hydrogen (secondary N) is 1. The zero-order chi connectivity index (χ0) is 17.5. The number of rotatable bonds is 5. The Kier molecular flexibility index (Phi) is 6.67. The maximum absolute atomic E-state index is 12.2. The first-order chi connectivity index (χ1) is 12.3.